The van der Waals surface area contributed by atoms with Gasteiger partial charge in [0.15, 0.2) is 0 Å². The Morgan fingerprint density at radius 1 is 0.500 bits per heavy atom. The Morgan fingerprint density at radius 2 is 0.824 bits per heavy atom. The van der Waals surface area contributed by atoms with Crippen molar-refractivity contribution in [3.05, 3.63) is 0 Å². The first-order valence-electron chi connectivity index (χ1n) is 10.0. The van der Waals surface area contributed by atoms with Crippen LogP contribution in [0.15, 0.2) is 0 Å². The largest absolute Gasteiger partial charge is 0.501 e. The van der Waals surface area contributed by atoms with Crippen molar-refractivity contribution in [3.63, 3.8) is 0 Å². The zero-order valence-electron chi connectivity index (χ0n) is 18.3. The fourth-order valence-corrected chi connectivity index (χ4v) is 5.23. The average Bonchev–Trinajstić information content (AvgIpc) is 2.71. The molecule has 0 aromatic heterocycles. The molecule has 34 heavy (non-hydrogen) atoms. The summed E-state index contributed by atoms with van der Waals surface area (Å²) in [6.07, 6.45) is -9.12. The van der Waals surface area contributed by atoms with E-state index in [0.29, 0.717) is 0 Å². The molecule has 0 bridgehead atoms. The highest BCUT2D eigenvalue weighted by Crippen LogP contribution is 2.61. The van der Waals surface area contributed by atoms with Crippen LogP contribution >= 0.6 is 0 Å². The molecule has 0 heterocycles. The highest BCUT2D eigenvalue weighted by molar-refractivity contribution is 6.60. The van der Waals surface area contributed by atoms with Gasteiger partial charge in [-0.25, -0.2) is 0 Å². The third-order valence-corrected chi connectivity index (χ3v) is 7.12. The van der Waals surface area contributed by atoms with E-state index < -0.39 is 57.1 Å². The van der Waals surface area contributed by atoms with E-state index in [4.69, 9.17) is 13.3 Å². The normalized spacial score (nSPS) is 15.2. The van der Waals surface area contributed by atoms with Crippen LogP contribution in [0.4, 0.5) is 57.1 Å². The number of rotatable bonds is 16. The minimum Gasteiger partial charge on any atom is -0.373 e. The van der Waals surface area contributed by atoms with Gasteiger partial charge in [0.1, 0.15) is 0 Å². The summed E-state index contributed by atoms with van der Waals surface area (Å²) in [4.78, 5) is 0. The van der Waals surface area contributed by atoms with Crippen molar-refractivity contribution < 1.29 is 70.4 Å². The zero-order chi connectivity index (χ0) is 27.3. The minimum atomic E-state index is -7.92. The monoisotopic (exact) mass is 552 g/mol. The van der Waals surface area contributed by atoms with Crippen LogP contribution < -0.4 is 0 Å². The molecule has 0 saturated heterocycles. The van der Waals surface area contributed by atoms with Gasteiger partial charge in [-0.1, -0.05) is 20.8 Å². The topological polar surface area (TPSA) is 27.7 Å². The van der Waals surface area contributed by atoms with Gasteiger partial charge in [-0.05, 0) is 19.3 Å². The van der Waals surface area contributed by atoms with E-state index >= 15 is 0 Å². The molecule has 206 valence electrons. The maximum atomic E-state index is 14.2. The summed E-state index contributed by atoms with van der Waals surface area (Å²) in [7, 11) is -4.29. The summed E-state index contributed by atoms with van der Waals surface area (Å²) in [5, 5.41) is 0. The van der Waals surface area contributed by atoms with Gasteiger partial charge in [-0.15, -0.1) is 0 Å². The van der Waals surface area contributed by atoms with Crippen LogP contribution in [0, 0.1) is 0 Å². The summed E-state index contributed by atoms with van der Waals surface area (Å²) in [6.45, 7) is 4.00. The van der Waals surface area contributed by atoms with Crippen LogP contribution in [0.5, 0.6) is 0 Å². The first-order chi connectivity index (χ1) is 15.1. The van der Waals surface area contributed by atoms with Crippen LogP contribution in [0.25, 0.3) is 0 Å². The highest BCUT2D eigenvalue weighted by Gasteiger charge is 2.90. The van der Waals surface area contributed by atoms with Gasteiger partial charge in [0, 0.05) is 32.3 Å². The van der Waals surface area contributed by atoms with E-state index in [1.165, 1.54) is 0 Å². The lowest BCUT2D eigenvalue weighted by Crippen LogP contribution is -2.70. The summed E-state index contributed by atoms with van der Waals surface area (Å²) in [5.74, 6) is -37.0. The number of alkyl halides is 13. The van der Waals surface area contributed by atoms with Gasteiger partial charge in [-0.3, -0.25) is 0 Å². The molecule has 0 atom stereocenters. The number of halogens is 13. The van der Waals surface area contributed by atoms with Crippen molar-refractivity contribution in [2.75, 3.05) is 19.8 Å². The van der Waals surface area contributed by atoms with Gasteiger partial charge in [0.25, 0.3) is 0 Å². The Kier molecular flexibility index (Phi) is 11.2. The Bertz CT molecular complexity index is 605. The third-order valence-electron chi connectivity index (χ3n) is 4.32. The maximum absolute atomic E-state index is 14.2. The Morgan fingerprint density at radius 3 is 1.12 bits per heavy atom. The molecule has 0 rings (SSSR count). The number of hydrogen-bond donors (Lipinski definition) is 0. The smallest absolute Gasteiger partial charge is 0.373 e. The summed E-state index contributed by atoms with van der Waals surface area (Å²) in [6, 6.07) is -1.34. The molecule has 0 N–H and O–H groups in total. The van der Waals surface area contributed by atoms with Gasteiger partial charge in [-0.2, -0.15) is 57.1 Å². The van der Waals surface area contributed by atoms with Crippen molar-refractivity contribution in [2.24, 2.45) is 0 Å². The van der Waals surface area contributed by atoms with Crippen molar-refractivity contribution in [2.45, 2.75) is 88.3 Å². The molecule has 17 heteroatoms. The van der Waals surface area contributed by atoms with Gasteiger partial charge >= 0.3 is 44.6 Å². The van der Waals surface area contributed by atoms with Crippen LogP contribution in [0.3, 0.4) is 0 Å². The molecule has 0 aromatic carbocycles. The molecule has 0 aliphatic carbocycles. The first kappa shape index (κ1) is 33.2. The molecule has 0 spiro atoms. The lowest BCUT2D eigenvalue weighted by Gasteiger charge is -2.40. The number of hydrogen-bond acceptors (Lipinski definition) is 3. The van der Waals surface area contributed by atoms with E-state index in [1.807, 2.05) is 0 Å². The Hall–Kier alpha value is -0.813. The predicted octanol–water partition coefficient (Wildman–Crippen LogP) is 7.33. The van der Waals surface area contributed by atoms with Crippen LogP contribution in [-0.2, 0) is 13.3 Å². The molecule has 0 aliphatic heterocycles. The van der Waals surface area contributed by atoms with Crippen LogP contribution in [0.2, 0.25) is 6.04 Å². The molecule has 0 aromatic rings. The predicted molar refractivity (Wildman–Crippen MR) is 94.7 cm³/mol. The Labute approximate surface area is 188 Å². The van der Waals surface area contributed by atoms with Crippen LogP contribution in [-0.4, -0.2) is 64.4 Å². The van der Waals surface area contributed by atoms with E-state index in [9.17, 15) is 57.1 Å². The molecule has 0 amide bonds. The quantitative estimate of drug-likeness (QED) is 0.148. The Balaban J connectivity index is 6.16. The second-order valence-corrected chi connectivity index (χ2v) is 9.96. The molecule has 3 nitrogen and oxygen atoms in total. The lowest BCUT2D eigenvalue weighted by atomic mass is 9.93. The molecular weight excluding hydrogens is 527 g/mol. The third kappa shape index (κ3) is 6.49. The summed E-state index contributed by atoms with van der Waals surface area (Å²) >= 11 is 0. The minimum absolute atomic E-state index is 0.215. The standard InChI is InChI=1S/C17H25F13O3Si/c1-4-8-31-34(32-9-5-2,33-10-6-3)11-7-12(18,19)13(20,21)14(22,23)15(24,25)16(26,27)17(28,29)30/h4-11H2,1-3H3. The fraction of sp³-hybridized carbons (Fsp3) is 1.00. The maximum Gasteiger partial charge on any atom is 0.501 e. The van der Waals surface area contributed by atoms with Gasteiger partial charge < -0.3 is 13.3 Å². The molecule has 0 unspecified atom stereocenters. The molecule has 0 saturated carbocycles. The van der Waals surface area contributed by atoms with E-state index in [0.717, 1.165) is 0 Å². The highest BCUT2D eigenvalue weighted by atomic mass is 28.4. The van der Waals surface area contributed by atoms with Crippen LogP contribution in [0.1, 0.15) is 46.5 Å². The average molecular weight is 552 g/mol. The summed E-state index contributed by atoms with van der Waals surface area (Å²) < 4.78 is 188. The van der Waals surface area contributed by atoms with Crippen molar-refractivity contribution in [1.29, 1.82) is 0 Å². The van der Waals surface area contributed by atoms with Crippen molar-refractivity contribution >= 4 is 8.80 Å². The first-order valence-corrected chi connectivity index (χ1v) is 11.9. The lowest BCUT2D eigenvalue weighted by molar-refractivity contribution is -0.440. The molecule has 0 radical (unpaired) electrons. The zero-order valence-corrected chi connectivity index (χ0v) is 19.3. The second kappa shape index (κ2) is 11.5. The van der Waals surface area contributed by atoms with E-state index in [1.54, 1.807) is 20.8 Å². The molecule has 0 aliphatic rings. The fourth-order valence-electron chi connectivity index (χ4n) is 2.38. The van der Waals surface area contributed by atoms with Crippen molar-refractivity contribution in [1.82, 2.24) is 0 Å². The van der Waals surface area contributed by atoms with E-state index in [2.05, 4.69) is 0 Å². The van der Waals surface area contributed by atoms with Crippen molar-refractivity contribution in [3.8, 4) is 0 Å². The van der Waals surface area contributed by atoms with E-state index in [-0.39, 0.29) is 39.1 Å². The van der Waals surface area contributed by atoms with Gasteiger partial charge in [0.2, 0.25) is 0 Å². The van der Waals surface area contributed by atoms with Gasteiger partial charge in [0.05, 0.1) is 0 Å². The molecular formula is C17H25F13O3Si. The SMILES string of the molecule is CCCO[Si](CCC(F)(F)C(F)(F)C(F)(F)C(F)(F)C(F)(F)C(F)(F)F)(OCCC)OCCC. The molecule has 0 fully saturated rings. The second-order valence-electron chi connectivity index (χ2n) is 7.23. The summed E-state index contributed by atoms with van der Waals surface area (Å²) in [5.41, 5.74) is 0.